The van der Waals surface area contributed by atoms with Crippen LogP contribution in [0.2, 0.25) is 0 Å². The van der Waals surface area contributed by atoms with E-state index < -0.39 is 17.2 Å². The summed E-state index contributed by atoms with van der Waals surface area (Å²) >= 11 is 1.04. The normalized spacial score (nSPS) is 10.6. The summed E-state index contributed by atoms with van der Waals surface area (Å²) in [6.45, 7) is 0.140. The third kappa shape index (κ3) is 3.30. The molecule has 0 atom stereocenters. The molecule has 0 saturated carbocycles. The Labute approximate surface area is 152 Å². The van der Waals surface area contributed by atoms with Crippen molar-refractivity contribution in [2.45, 2.75) is 19.6 Å². The lowest BCUT2D eigenvalue weighted by atomic mass is 10.2. The molecule has 26 heavy (non-hydrogen) atoms. The average Bonchev–Trinajstić information content (AvgIpc) is 3.11. The van der Waals surface area contributed by atoms with Crippen LogP contribution in [-0.4, -0.2) is 15.1 Å². The Hall–Kier alpha value is -3.18. The number of nitriles is 1. The molecule has 3 aromatic rings. The van der Waals surface area contributed by atoms with Gasteiger partial charge in [-0.2, -0.15) is 5.26 Å². The molecule has 0 saturated heterocycles. The maximum absolute atomic E-state index is 12.5. The van der Waals surface area contributed by atoms with Gasteiger partial charge < -0.3 is 4.74 Å². The fourth-order valence-corrected chi connectivity index (χ4v) is 3.54. The molecule has 0 aliphatic rings. The molecule has 132 valence electrons. The van der Waals surface area contributed by atoms with E-state index in [-0.39, 0.29) is 29.8 Å². The number of ether oxygens (including phenoxy) is 1. The molecule has 0 aliphatic heterocycles. The third-order valence-corrected chi connectivity index (χ3v) is 5.06. The van der Waals surface area contributed by atoms with Crippen molar-refractivity contribution >= 4 is 27.5 Å². The van der Waals surface area contributed by atoms with Crippen LogP contribution in [0.4, 0.5) is 0 Å². The van der Waals surface area contributed by atoms with E-state index in [1.807, 2.05) is 36.4 Å². The van der Waals surface area contributed by atoms with E-state index in [1.165, 1.54) is 17.7 Å². The van der Waals surface area contributed by atoms with Gasteiger partial charge in [-0.1, -0.05) is 30.3 Å². The van der Waals surface area contributed by atoms with Crippen molar-refractivity contribution in [1.29, 1.82) is 5.26 Å². The highest BCUT2D eigenvalue weighted by Gasteiger charge is 2.18. The molecular weight excluding hydrogens is 354 g/mol. The Kier molecular flexibility index (Phi) is 5.00. The fraction of sp³-hybridized carbons (Fsp3) is 0.222. The van der Waals surface area contributed by atoms with E-state index >= 15 is 0 Å². The summed E-state index contributed by atoms with van der Waals surface area (Å²) < 4.78 is 7.60. The summed E-state index contributed by atoms with van der Waals surface area (Å²) in [5.41, 5.74) is -0.159. The number of fused-ring (bicyclic) bond motifs is 1. The molecule has 7 nitrogen and oxygen atoms in total. The Bertz CT molecular complexity index is 1120. The Morgan fingerprint density at radius 1 is 1.27 bits per heavy atom. The third-order valence-electron chi connectivity index (χ3n) is 3.87. The first-order valence-electron chi connectivity index (χ1n) is 7.84. The van der Waals surface area contributed by atoms with Crippen molar-refractivity contribution in [1.82, 2.24) is 9.13 Å². The first kappa shape index (κ1) is 17.6. The molecule has 0 spiro atoms. The van der Waals surface area contributed by atoms with Crippen LogP contribution in [0.25, 0.3) is 10.2 Å². The van der Waals surface area contributed by atoms with Crippen LogP contribution in [0.5, 0.6) is 0 Å². The lowest BCUT2D eigenvalue weighted by molar-refractivity contribution is 0.0478. The number of rotatable bonds is 5. The van der Waals surface area contributed by atoms with Gasteiger partial charge in [0.15, 0.2) is 0 Å². The number of thiophene rings is 1. The molecule has 0 bridgehead atoms. The summed E-state index contributed by atoms with van der Waals surface area (Å²) in [6.07, 6.45) is 0.0523. The molecule has 2 heterocycles. The largest absolute Gasteiger partial charge is 0.457 e. The molecule has 0 radical (unpaired) electrons. The van der Waals surface area contributed by atoms with E-state index in [9.17, 15) is 14.4 Å². The van der Waals surface area contributed by atoms with Crippen molar-refractivity contribution in [3.05, 3.63) is 67.7 Å². The van der Waals surface area contributed by atoms with Crippen molar-refractivity contribution in [2.24, 2.45) is 7.05 Å². The Balaban J connectivity index is 1.94. The highest BCUT2D eigenvalue weighted by atomic mass is 32.1. The summed E-state index contributed by atoms with van der Waals surface area (Å²) in [4.78, 5) is 37.8. The number of benzene rings is 1. The minimum atomic E-state index is -0.550. The number of hydrogen-bond acceptors (Lipinski definition) is 6. The topological polar surface area (TPSA) is 94.1 Å². The van der Waals surface area contributed by atoms with Gasteiger partial charge in [-0.05, 0) is 11.6 Å². The predicted molar refractivity (Wildman–Crippen MR) is 97.1 cm³/mol. The number of hydrogen-bond donors (Lipinski definition) is 0. The molecule has 0 N–H and O–H groups in total. The number of carbonyl (C=O) groups excluding carboxylic acids is 1. The van der Waals surface area contributed by atoms with Crippen molar-refractivity contribution in [3.63, 3.8) is 0 Å². The quantitative estimate of drug-likeness (QED) is 0.642. The number of aromatic nitrogens is 2. The zero-order valence-corrected chi connectivity index (χ0v) is 14.8. The summed E-state index contributed by atoms with van der Waals surface area (Å²) in [5.74, 6) is -0.550. The molecule has 8 heteroatoms. The van der Waals surface area contributed by atoms with E-state index in [1.54, 1.807) is 0 Å². The Morgan fingerprint density at radius 2 is 2.00 bits per heavy atom. The molecule has 0 aliphatic carbocycles. The maximum atomic E-state index is 12.5. The van der Waals surface area contributed by atoms with Crippen LogP contribution in [0.15, 0.2) is 46.0 Å². The molecule has 2 aromatic heterocycles. The van der Waals surface area contributed by atoms with Crippen molar-refractivity contribution < 1.29 is 9.53 Å². The number of carbonyl (C=O) groups is 1. The van der Waals surface area contributed by atoms with Gasteiger partial charge in [-0.3, -0.25) is 13.9 Å². The van der Waals surface area contributed by atoms with Gasteiger partial charge in [0.1, 0.15) is 16.3 Å². The first-order valence-corrected chi connectivity index (χ1v) is 8.66. The molecule has 3 rings (SSSR count). The first-order chi connectivity index (χ1) is 12.5. The predicted octanol–water partition coefficient (Wildman–Crippen LogP) is 2.03. The zero-order valence-electron chi connectivity index (χ0n) is 14.0. The summed E-state index contributed by atoms with van der Waals surface area (Å²) in [5, 5.41) is 8.95. The number of esters is 1. The lowest BCUT2D eigenvalue weighted by Crippen LogP contribution is -2.38. The Morgan fingerprint density at radius 3 is 2.69 bits per heavy atom. The van der Waals surface area contributed by atoms with Crippen LogP contribution in [0, 0.1) is 11.3 Å². The van der Waals surface area contributed by atoms with Gasteiger partial charge in [-0.15, -0.1) is 11.3 Å². The molecular formula is C18H15N3O4S. The van der Waals surface area contributed by atoms with E-state index in [0.29, 0.717) is 4.83 Å². The van der Waals surface area contributed by atoms with Crippen LogP contribution >= 0.6 is 11.3 Å². The van der Waals surface area contributed by atoms with E-state index in [4.69, 9.17) is 10.00 Å². The van der Waals surface area contributed by atoms with Gasteiger partial charge in [-0.25, -0.2) is 9.59 Å². The lowest BCUT2D eigenvalue weighted by Gasteiger charge is -2.05. The maximum Gasteiger partial charge on any atom is 0.348 e. The van der Waals surface area contributed by atoms with Gasteiger partial charge in [0.05, 0.1) is 17.9 Å². The summed E-state index contributed by atoms with van der Waals surface area (Å²) in [6, 6.07) is 12.6. The second kappa shape index (κ2) is 7.37. The number of nitrogens with zero attached hydrogens (tertiary/aromatic N) is 3. The molecule has 0 amide bonds. The van der Waals surface area contributed by atoms with Crippen LogP contribution < -0.4 is 11.2 Å². The van der Waals surface area contributed by atoms with Crippen molar-refractivity contribution in [2.75, 3.05) is 0 Å². The molecule has 1 aromatic carbocycles. The van der Waals surface area contributed by atoms with Crippen molar-refractivity contribution in [3.8, 4) is 6.07 Å². The molecule has 0 unspecified atom stereocenters. The highest BCUT2D eigenvalue weighted by Crippen LogP contribution is 2.22. The van der Waals surface area contributed by atoms with E-state index in [2.05, 4.69) is 0 Å². The van der Waals surface area contributed by atoms with Gasteiger partial charge in [0.25, 0.3) is 5.56 Å². The van der Waals surface area contributed by atoms with Crippen LogP contribution in [-0.2, 0) is 24.9 Å². The minimum absolute atomic E-state index is 0.0155. The second-order valence-electron chi connectivity index (χ2n) is 5.60. The van der Waals surface area contributed by atoms with Gasteiger partial charge in [0, 0.05) is 13.6 Å². The molecule has 0 fully saturated rings. The summed E-state index contributed by atoms with van der Waals surface area (Å²) in [7, 11) is 1.53. The monoisotopic (exact) mass is 369 g/mol. The van der Waals surface area contributed by atoms with E-state index in [0.717, 1.165) is 21.5 Å². The SMILES string of the molecule is Cn1c(=O)n(CCC#N)c(=O)c2cc(C(=O)OCc3ccccc3)sc21. The fourth-order valence-electron chi connectivity index (χ4n) is 2.54. The number of aryl methyl sites for hydroxylation is 1. The van der Waals surface area contributed by atoms with Crippen LogP contribution in [0.3, 0.4) is 0 Å². The van der Waals surface area contributed by atoms with Gasteiger partial charge in [0.2, 0.25) is 0 Å². The van der Waals surface area contributed by atoms with Gasteiger partial charge >= 0.3 is 11.7 Å². The van der Waals surface area contributed by atoms with Crippen LogP contribution in [0.1, 0.15) is 21.7 Å². The zero-order chi connectivity index (χ0) is 18.7. The standard InChI is InChI=1S/C18H15N3O4S/c1-20-16-13(15(22)21(18(20)24)9-5-8-19)10-14(26-16)17(23)25-11-12-6-3-2-4-7-12/h2-4,6-7,10H,5,9,11H2,1H3. The minimum Gasteiger partial charge on any atom is -0.457 e. The smallest absolute Gasteiger partial charge is 0.348 e. The second-order valence-corrected chi connectivity index (χ2v) is 6.63. The highest BCUT2D eigenvalue weighted by molar-refractivity contribution is 7.20. The average molecular weight is 369 g/mol.